The molecule has 0 spiro atoms. The molecule has 0 aromatic rings. The zero-order chi connectivity index (χ0) is 13.8. The van der Waals surface area contributed by atoms with Gasteiger partial charge in [0.05, 0.1) is 12.1 Å². The first-order chi connectivity index (χ1) is 8.40. The van der Waals surface area contributed by atoms with Gasteiger partial charge in [-0.25, -0.2) is 0 Å². The second-order valence-electron chi connectivity index (χ2n) is 5.19. The number of carbonyl (C=O) groups excluding carboxylic acids is 2. The van der Waals surface area contributed by atoms with Crippen LogP contribution in [0.3, 0.4) is 0 Å². The van der Waals surface area contributed by atoms with Crippen LogP contribution in [0.4, 0.5) is 0 Å². The highest BCUT2D eigenvalue weighted by Gasteiger charge is 2.40. The lowest BCUT2D eigenvalue weighted by molar-refractivity contribution is -0.152. The normalized spacial score (nSPS) is 23.2. The van der Waals surface area contributed by atoms with Crippen LogP contribution in [0.1, 0.15) is 40.5 Å². The van der Waals surface area contributed by atoms with Crippen molar-refractivity contribution in [1.82, 2.24) is 10.2 Å². The molecule has 1 unspecified atom stereocenters. The lowest BCUT2D eigenvalue weighted by Gasteiger charge is -2.33. The van der Waals surface area contributed by atoms with Gasteiger partial charge in [0.15, 0.2) is 0 Å². The van der Waals surface area contributed by atoms with E-state index in [2.05, 4.69) is 5.32 Å². The number of amides is 1. The first-order valence-electron chi connectivity index (χ1n) is 6.62. The quantitative estimate of drug-likeness (QED) is 0.743. The number of rotatable bonds is 5. The van der Waals surface area contributed by atoms with E-state index < -0.39 is 5.54 Å². The van der Waals surface area contributed by atoms with Crippen LogP contribution in [0.2, 0.25) is 0 Å². The highest BCUT2D eigenvalue weighted by molar-refractivity contribution is 5.89. The summed E-state index contributed by atoms with van der Waals surface area (Å²) in [5.74, 6) is -0.357. The molecule has 5 heteroatoms. The fraction of sp³-hybridized carbons (Fsp3) is 0.846. The molecule has 1 fully saturated rings. The van der Waals surface area contributed by atoms with Crippen molar-refractivity contribution in [3.8, 4) is 0 Å². The largest absolute Gasteiger partial charge is 0.465 e. The van der Waals surface area contributed by atoms with Gasteiger partial charge in [-0.3, -0.25) is 9.59 Å². The molecule has 18 heavy (non-hydrogen) atoms. The minimum atomic E-state index is -0.531. The third-order valence-electron chi connectivity index (χ3n) is 3.33. The summed E-state index contributed by atoms with van der Waals surface area (Å²) in [4.78, 5) is 25.6. The zero-order valence-electron chi connectivity index (χ0n) is 11.8. The van der Waals surface area contributed by atoms with Crippen LogP contribution in [0.5, 0.6) is 0 Å². The van der Waals surface area contributed by atoms with E-state index in [0.717, 1.165) is 19.4 Å². The minimum absolute atomic E-state index is 0.0111. The summed E-state index contributed by atoms with van der Waals surface area (Å²) >= 11 is 0. The smallest absolute Gasteiger partial charge is 0.325 e. The molecule has 0 aromatic heterocycles. The molecule has 0 saturated carbocycles. The summed E-state index contributed by atoms with van der Waals surface area (Å²) in [6.45, 7) is 8.72. The minimum Gasteiger partial charge on any atom is -0.465 e. The molecule has 1 saturated heterocycles. The van der Waals surface area contributed by atoms with Crippen LogP contribution in [-0.4, -0.2) is 48.1 Å². The highest BCUT2D eigenvalue weighted by atomic mass is 16.5. The van der Waals surface area contributed by atoms with Gasteiger partial charge in [0.1, 0.15) is 6.54 Å². The van der Waals surface area contributed by atoms with Crippen LogP contribution in [0.15, 0.2) is 0 Å². The summed E-state index contributed by atoms with van der Waals surface area (Å²) in [7, 11) is 0. The number of nitrogens with zero attached hydrogens (tertiary/aromatic N) is 1. The number of ether oxygens (including phenoxy) is 1. The Bertz CT molecular complexity index is 309. The van der Waals surface area contributed by atoms with E-state index >= 15 is 0 Å². The molecule has 104 valence electrons. The molecule has 1 rings (SSSR count). The molecule has 1 aliphatic heterocycles. The van der Waals surface area contributed by atoms with Crippen molar-refractivity contribution in [2.75, 3.05) is 19.7 Å². The summed E-state index contributed by atoms with van der Waals surface area (Å²) < 4.78 is 4.92. The standard InChI is InChI=1S/C13H24N2O3/c1-5-18-11(16)9-15(10(2)3)12(17)13(4)7-6-8-14-13/h10,14H,5-9H2,1-4H3. The van der Waals surface area contributed by atoms with E-state index in [9.17, 15) is 9.59 Å². The van der Waals surface area contributed by atoms with Gasteiger partial charge in [0.2, 0.25) is 5.91 Å². The van der Waals surface area contributed by atoms with Gasteiger partial charge >= 0.3 is 5.97 Å². The Labute approximate surface area is 109 Å². The second-order valence-corrected chi connectivity index (χ2v) is 5.19. The maximum Gasteiger partial charge on any atom is 0.325 e. The fourth-order valence-corrected chi connectivity index (χ4v) is 2.23. The fourth-order valence-electron chi connectivity index (χ4n) is 2.23. The topological polar surface area (TPSA) is 58.6 Å². The summed E-state index contributed by atoms with van der Waals surface area (Å²) in [5, 5.41) is 3.23. The van der Waals surface area contributed by atoms with Crippen molar-refractivity contribution < 1.29 is 14.3 Å². The Kier molecular flexibility index (Phi) is 5.14. The van der Waals surface area contributed by atoms with Crippen molar-refractivity contribution in [3.05, 3.63) is 0 Å². The molecular weight excluding hydrogens is 232 g/mol. The molecule has 0 bridgehead atoms. The predicted molar refractivity (Wildman–Crippen MR) is 69.1 cm³/mol. The lowest BCUT2D eigenvalue weighted by atomic mass is 9.97. The number of esters is 1. The van der Waals surface area contributed by atoms with Gasteiger partial charge in [-0.2, -0.15) is 0 Å². The van der Waals surface area contributed by atoms with Crippen molar-refractivity contribution in [3.63, 3.8) is 0 Å². The van der Waals surface area contributed by atoms with E-state index in [1.807, 2.05) is 20.8 Å². The highest BCUT2D eigenvalue weighted by Crippen LogP contribution is 2.22. The third-order valence-corrected chi connectivity index (χ3v) is 3.33. The number of nitrogens with one attached hydrogen (secondary N) is 1. The van der Waals surface area contributed by atoms with Crippen molar-refractivity contribution >= 4 is 11.9 Å². The molecule has 1 heterocycles. The van der Waals surface area contributed by atoms with E-state index in [1.165, 1.54) is 0 Å². The summed E-state index contributed by atoms with van der Waals surface area (Å²) in [6, 6.07) is -0.0128. The van der Waals surface area contributed by atoms with Crippen LogP contribution in [0, 0.1) is 0 Å². The van der Waals surface area contributed by atoms with Crippen LogP contribution >= 0.6 is 0 Å². The van der Waals surface area contributed by atoms with Gasteiger partial charge in [0, 0.05) is 6.04 Å². The van der Waals surface area contributed by atoms with Gasteiger partial charge in [-0.1, -0.05) is 0 Å². The van der Waals surface area contributed by atoms with E-state index in [-0.39, 0.29) is 24.5 Å². The van der Waals surface area contributed by atoms with Crippen LogP contribution in [-0.2, 0) is 14.3 Å². The number of hydrogen-bond acceptors (Lipinski definition) is 4. The monoisotopic (exact) mass is 256 g/mol. The van der Waals surface area contributed by atoms with Crippen molar-refractivity contribution in [1.29, 1.82) is 0 Å². The maximum absolute atomic E-state index is 12.5. The van der Waals surface area contributed by atoms with E-state index in [0.29, 0.717) is 6.61 Å². The Balaban J connectivity index is 2.72. The van der Waals surface area contributed by atoms with Gasteiger partial charge in [0.25, 0.3) is 0 Å². The SMILES string of the molecule is CCOC(=O)CN(C(=O)C1(C)CCCN1)C(C)C. The maximum atomic E-state index is 12.5. The van der Waals surface area contributed by atoms with Crippen molar-refractivity contribution in [2.45, 2.75) is 52.1 Å². The Morgan fingerprint density at radius 1 is 1.44 bits per heavy atom. The first-order valence-corrected chi connectivity index (χ1v) is 6.62. The molecule has 5 nitrogen and oxygen atoms in total. The zero-order valence-corrected chi connectivity index (χ0v) is 11.8. The Hall–Kier alpha value is -1.10. The molecule has 0 aliphatic carbocycles. The van der Waals surface area contributed by atoms with Gasteiger partial charge in [-0.15, -0.1) is 0 Å². The molecule has 0 radical (unpaired) electrons. The van der Waals surface area contributed by atoms with Crippen molar-refractivity contribution in [2.24, 2.45) is 0 Å². The molecule has 0 aromatic carbocycles. The molecular formula is C13H24N2O3. The number of hydrogen-bond donors (Lipinski definition) is 1. The molecule has 1 N–H and O–H groups in total. The molecule has 1 aliphatic rings. The molecule has 1 atom stereocenters. The van der Waals surface area contributed by atoms with Gasteiger partial charge < -0.3 is 15.0 Å². The first kappa shape index (κ1) is 15.0. The second kappa shape index (κ2) is 6.18. The Morgan fingerprint density at radius 2 is 2.11 bits per heavy atom. The van der Waals surface area contributed by atoms with Gasteiger partial charge in [-0.05, 0) is 47.1 Å². The average Bonchev–Trinajstić information content (AvgIpc) is 2.73. The summed E-state index contributed by atoms with van der Waals surface area (Å²) in [6.07, 6.45) is 1.81. The lowest BCUT2D eigenvalue weighted by Crippen LogP contribution is -2.56. The average molecular weight is 256 g/mol. The Morgan fingerprint density at radius 3 is 2.56 bits per heavy atom. The predicted octanol–water partition coefficient (Wildman–Crippen LogP) is 0.929. The number of carbonyl (C=O) groups is 2. The molecule has 1 amide bonds. The van der Waals surface area contributed by atoms with E-state index in [1.54, 1.807) is 11.8 Å². The third kappa shape index (κ3) is 3.45. The summed E-state index contributed by atoms with van der Waals surface area (Å²) in [5.41, 5.74) is -0.531. The van der Waals surface area contributed by atoms with Crippen LogP contribution < -0.4 is 5.32 Å². The van der Waals surface area contributed by atoms with E-state index in [4.69, 9.17) is 4.74 Å². The van der Waals surface area contributed by atoms with Crippen LogP contribution in [0.25, 0.3) is 0 Å².